The van der Waals surface area contributed by atoms with Crippen LogP contribution >= 0.6 is 0 Å². The SMILES string of the molecule is CC1(C)CC(Nc2nc(Nc3cnc4c(c3)OC(C)(C)C(=O)N4CCF)ncc2-c2cccc(C#N)c2)CC(C)(C)N1. The Kier molecular flexibility index (Phi) is 7.53. The number of nitrogens with zero attached hydrogens (tertiary/aromatic N) is 5. The fraction of sp³-hybridized carbons (Fsp3) is 0.452. The number of pyridine rings is 1. The molecular weight excluding hydrogens is 535 g/mol. The van der Waals surface area contributed by atoms with Crippen molar-refractivity contribution in [2.75, 3.05) is 28.8 Å². The van der Waals surface area contributed by atoms with Crippen LogP contribution in [-0.4, -0.2) is 56.8 Å². The smallest absolute Gasteiger partial charge is 0.271 e. The fourth-order valence-corrected chi connectivity index (χ4v) is 6.08. The second-order valence-corrected chi connectivity index (χ2v) is 12.7. The molecule has 11 heteroatoms. The Morgan fingerprint density at radius 2 is 1.86 bits per heavy atom. The van der Waals surface area contributed by atoms with Crippen molar-refractivity contribution in [3.63, 3.8) is 0 Å². The Labute approximate surface area is 245 Å². The molecule has 1 saturated heterocycles. The third-order valence-electron chi connectivity index (χ3n) is 7.40. The van der Waals surface area contributed by atoms with Crippen LogP contribution in [-0.2, 0) is 4.79 Å². The van der Waals surface area contributed by atoms with E-state index < -0.39 is 12.3 Å². The highest BCUT2D eigenvalue weighted by Gasteiger charge is 2.42. The van der Waals surface area contributed by atoms with E-state index in [4.69, 9.17) is 9.72 Å². The first-order chi connectivity index (χ1) is 19.8. The number of fused-ring (bicyclic) bond motifs is 1. The van der Waals surface area contributed by atoms with Crippen molar-refractivity contribution in [3.05, 3.63) is 48.3 Å². The number of piperidine rings is 1. The van der Waals surface area contributed by atoms with Gasteiger partial charge in [0.25, 0.3) is 5.91 Å². The van der Waals surface area contributed by atoms with E-state index in [1.165, 1.54) is 11.1 Å². The van der Waals surface area contributed by atoms with E-state index >= 15 is 0 Å². The summed E-state index contributed by atoms with van der Waals surface area (Å²) >= 11 is 0. The quantitative estimate of drug-likeness (QED) is 0.343. The van der Waals surface area contributed by atoms with Gasteiger partial charge in [-0.1, -0.05) is 12.1 Å². The summed E-state index contributed by atoms with van der Waals surface area (Å²) in [5.74, 6) is 1.26. The van der Waals surface area contributed by atoms with Crippen LogP contribution < -0.4 is 25.6 Å². The van der Waals surface area contributed by atoms with Crippen LogP contribution in [0, 0.1) is 11.3 Å². The van der Waals surface area contributed by atoms with Gasteiger partial charge in [0.15, 0.2) is 17.2 Å². The van der Waals surface area contributed by atoms with Gasteiger partial charge in [0.05, 0.1) is 30.1 Å². The summed E-state index contributed by atoms with van der Waals surface area (Å²) in [5.41, 5.74) is 1.40. The van der Waals surface area contributed by atoms with Crippen LogP contribution in [0.1, 0.15) is 59.9 Å². The minimum Gasteiger partial charge on any atom is -0.474 e. The van der Waals surface area contributed by atoms with Gasteiger partial charge in [-0.15, -0.1) is 0 Å². The summed E-state index contributed by atoms with van der Waals surface area (Å²) in [6.45, 7) is 11.3. The van der Waals surface area contributed by atoms with Crippen LogP contribution in [0.4, 0.5) is 27.7 Å². The number of hydrogen-bond donors (Lipinski definition) is 3. The number of benzene rings is 1. The van der Waals surface area contributed by atoms with Gasteiger partial charge in [0.2, 0.25) is 5.95 Å². The first kappa shape index (κ1) is 29.2. The van der Waals surface area contributed by atoms with Crippen molar-refractivity contribution in [2.45, 2.75) is 77.1 Å². The van der Waals surface area contributed by atoms with Crippen LogP contribution in [0.5, 0.6) is 5.75 Å². The average molecular weight is 573 g/mol. The normalized spacial score (nSPS) is 18.9. The molecule has 42 heavy (non-hydrogen) atoms. The maximum absolute atomic E-state index is 13.2. The molecule has 0 spiro atoms. The zero-order valence-electron chi connectivity index (χ0n) is 24.9. The van der Waals surface area contributed by atoms with E-state index in [0.717, 1.165) is 24.0 Å². The molecule has 0 unspecified atom stereocenters. The van der Waals surface area contributed by atoms with Crippen LogP contribution in [0.2, 0.25) is 0 Å². The first-order valence-corrected chi connectivity index (χ1v) is 14.1. The van der Waals surface area contributed by atoms with Gasteiger partial charge in [-0.2, -0.15) is 10.2 Å². The van der Waals surface area contributed by atoms with E-state index in [2.05, 4.69) is 59.7 Å². The molecule has 220 valence electrons. The number of carbonyl (C=O) groups is 1. The molecule has 3 aromatic rings. The predicted molar refractivity (Wildman–Crippen MR) is 161 cm³/mol. The van der Waals surface area contributed by atoms with Crippen molar-refractivity contribution in [1.29, 1.82) is 5.26 Å². The van der Waals surface area contributed by atoms with Crippen LogP contribution in [0.25, 0.3) is 11.1 Å². The number of aromatic nitrogens is 3. The van der Waals surface area contributed by atoms with Gasteiger partial charge in [-0.25, -0.2) is 14.4 Å². The van der Waals surface area contributed by atoms with Crippen LogP contribution in [0.3, 0.4) is 0 Å². The van der Waals surface area contributed by atoms with E-state index in [1.54, 1.807) is 32.2 Å². The highest BCUT2D eigenvalue weighted by atomic mass is 19.1. The van der Waals surface area contributed by atoms with E-state index in [9.17, 15) is 14.4 Å². The van der Waals surface area contributed by atoms with Crippen molar-refractivity contribution in [1.82, 2.24) is 20.3 Å². The summed E-state index contributed by atoms with van der Waals surface area (Å²) in [6.07, 6.45) is 5.05. The minimum atomic E-state index is -1.16. The number of nitriles is 1. The number of hydrogen-bond acceptors (Lipinski definition) is 9. The highest BCUT2D eigenvalue weighted by Crippen LogP contribution is 2.38. The molecule has 0 saturated carbocycles. The minimum absolute atomic E-state index is 0.0750. The van der Waals surface area contributed by atoms with Gasteiger partial charge in [0.1, 0.15) is 12.5 Å². The van der Waals surface area contributed by atoms with Gasteiger partial charge >= 0.3 is 0 Å². The van der Waals surface area contributed by atoms with Gasteiger partial charge < -0.3 is 20.7 Å². The summed E-state index contributed by atoms with van der Waals surface area (Å²) in [5, 5.41) is 20.1. The van der Waals surface area contributed by atoms with E-state index in [-0.39, 0.29) is 35.4 Å². The molecule has 1 fully saturated rings. The average Bonchev–Trinajstić information content (AvgIpc) is 2.89. The Hall–Kier alpha value is -4.30. The summed E-state index contributed by atoms with van der Waals surface area (Å²) in [6, 6.07) is 11.4. The molecule has 0 radical (unpaired) electrons. The van der Waals surface area contributed by atoms with E-state index in [1.807, 2.05) is 18.2 Å². The van der Waals surface area contributed by atoms with E-state index in [0.29, 0.717) is 28.8 Å². The molecule has 2 aliphatic rings. The topological polar surface area (TPSA) is 128 Å². The monoisotopic (exact) mass is 572 g/mol. The molecule has 4 heterocycles. The Bertz CT molecular complexity index is 1530. The van der Waals surface area contributed by atoms with Crippen molar-refractivity contribution < 1.29 is 13.9 Å². The lowest BCUT2D eigenvalue weighted by Gasteiger charge is -2.46. The Morgan fingerprint density at radius 1 is 1.12 bits per heavy atom. The van der Waals surface area contributed by atoms with Crippen molar-refractivity contribution in [3.8, 4) is 22.9 Å². The van der Waals surface area contributed by atoms with Gasteiger partial charge in [-0.3, -0.25) is 9.69 Å². The number of ether oxygens (including phenoxy) is 1. The summed E-state index contributed by atoms with van der Waals surface area (Å²) in [7, 11) is 0. The number of nitrogens with one attached hydrogen (secondary N) is 3. The second kappa shape index (κ2) is 10.8. The number of alkyl halides is 1. The van der Waals surface area contributed by atoms with Crippen molar-refractivity contribution in [2.24, 2.45) is 0 Å². The second-order valence-electron chi connectivity index (χ2n) is 12.7. The molecule has 1 aromatic carbocycles. The number of carbonyl (C=O) groups excluding carboxylic acids is 1. The number of amides is 1. The van der Waals surface area contributed by atoms with Crippen LogP contribution in [0.15, 0.2) is 42.7 Å². The predicted octanol–water partition coefficient (Wildman–Crippen LogP) is 5.35. The molecule has 1 amide bonds. The third kappa shape index (κ3) is 6.14. The molecule has 10 nitrogen and oxygen atoms in total. The standard InChI is InChI=1S/C31H37FN8O2/c1-29(2)14-22(15-30(3,4)39-29)36-25-23(20-9-7-8-19(12-20)16-33)18-35-28(38-25)37-21-13-24-26(34-17-21)40(11-10-32)27(41)31(5,6)42-24/h7-9,12-13,17-18,22,39H,10-11,14-15H2,1-6H3,(H2,35,36,37,38). The zero-order valence-corrected chi connectivity index (χ0v) is 24.9. The summed E-state index contributed by atoms with van der Waals surface area (Å²) in [4.78, 5) is 27.9. The zero-order chi connectivity index (χ0) is 30.3. The number of anilines is 4. The maximum atomic E-state index is 13.2. The molecule has 2 aliphatic heterocycles. The van der Waals surface area contributed by atoms with Gasteiger partial charge in [-0.05, 0) is 72.1 Å². The molecule has 2 aromatic heterocycles. The number of halogens is 1. The highest BCUT2D eigenvalue weighted by molar-refractivity contribution is 6.01. The molecular formula is C31H37FN8O2. The Morgan fingerprint density at radius 3 is 2.55 bits per heavy atom. The first-order valence-electron chi connectivity index (χ1n) is 14.1. The maximum Gasteiger partial charge on any atom is 0.271 e. The molecule has 3 N–H and O–H groups in total. The molecule has 0 aliphatic carbocycles. The Balaban J connectivity index is 1.49. The third-order valence-corrected chi connectivity index (χ3v) is 7.40. The largest absolute Gasteiger partial charge is 0.474 e. The summed E-state index contributed by atoms with van der Waals surface area (Å²) < 4.78 is 19.2. The lowest BCUT2D eigenvalue weighted by atomic mass is 9.79. The lowest BCUT2D eigenvalue weighted by molar-refractivity contribution is -0.132. The van der Waals surface area contributed by atoms with Crippen molar-refractivity contribution >= 4 is 29.2 Å². The molecule has 5 rings (SSSR count). The molecule has 0 atom stereocenters. The fourth-order valence-electron chi connectivity index (χ4n) is 6.08. The lowest BCUT2D eigenvalue weighted by Crippen LogP contribution is -2.60. The van der Waals surface area contributed by atoms with Gasteiger partial charge in [0, 0.05) is 34.9 Å². The number of rotatable bonds is 7. The molecule has 0 bridgehead atoms.